The Hall–Kier alpha value is -3.00. The van der Waals surface area contributed by atoms with E-state index in [0.717, 1.165) is 6.07 Å². The van der Waals surface area contributed by atoms with E-state index in [9.17, 15) is 18.4 Å². The molecule has 30 heavy (non-hydrogen) atoms. The van der Waals surface area contributed by atoms with Gasteiger partial charge in [-0.05, 0) is 29.8 Å². The number of piperazine rings is 1. The van der Waals surface area contributed by atoms with Gasteiger partial charge in [0.05, 0.1) is 18.3 Å². The van der Waals surface area contributed by atoms with Gasteiger partial charge in [-0.2, -0.15) is 0 Å². The predicted molar refractivity (Wildman–Crippen MR) is 108 cm³/mol. The molecule has 0 spiro atoms. The Morgan fingerprint density at radius 2 is 2.03 bits per heavy atom. The standard InChI is InChI=1S/C22H23F2N3O3/c1-2-22(29)27-8-7-26-12-21(28)25-19-9-14(17-5-4-15(23)10-18(17)24)3-6-20(19)30-13-16(26)11-27/h3-6,9-10,16H,2,7-8,11-13H2,1H3,(H,25,28)/t16-/m1/s1. The zero-order valence-electron chi connectivity index (χ0n) is 16.7. The molecule has 0 aromatic heterocycles. The maximum Gasteiger partial charge on any atom is 0.238 e. The maximum absolute atomic E-state index is 14.2. The van der Waals surface area contributed by atoms with E-state index < -0.39 is 11.6 Å². The summed E-state index contributed by atoms with van der Waals surface area (Å²) in [6.07, 6.45) is 0.444. The van der Waals surface area contributed by atoms with E-state index in [4.69, 9.17) is 4.74 Å². The van der Waals surface area contributed by atoms with Gasteiger partial charge < -0.3 is 15.0 Å². The molecule has 4 rings (SSSR count). The van der Waals surface area contributed by atoms with Crippen LogP contribution in [-0.2, 0) is 9.59 Å². The second-order valence-electron chi connectivity index (χ2n) is 7.51. The van der Waals surface area contributed by atoms with Crippen molar-refractivity contribution in [3.63, 3.8) is 0 Å². The summed E-state index contributed by atoms with van der Waals surface area (Å²) in [4.78, 5) is 28.5. The molecule has 0 unspecified atom stereocenters. The number of nitrogens with one attached hydrogen (secondary N) is 1. The number of ether oxygens (including phenoxy) is 1. The van der Waals surface area contributed by atoms with E-state index in [2.05, 4.69) is 5.32 Å². The molecule has 2 aliphatic heterocycles. The van der Waals surface area contributed by atoms with Crippen LogP contribution in [0.1, 0.15) is 13.3 Å². The number of carbonyl (C=O) groups excluding carboxylic acids is 2. The first-order valence-electron chi connectivity index (χ1n) is 9.98. The Morgan fingerprint density at radius 3 is 2.80 bits per heavy atom. The molecular weight excluding hydrogens is 392 g/mol. The summed E-state index contributed by atoms with van der Waals surface area (Å²) < 4.78 is 33.4. The van der Waals surface area contributed by atoms with Crippen LogP contribution in [0.3, 0.4) is 0 Å². The third-order valence-corrected chi connectivity index (χ3v) is 5.53. The van der Waals surface area contributed by atoms with Gasteiger partial charge >= 0.3 is 0 Å². The van der Waals surface area contributed by atoms with Crippen molar-refractivity contribution in [2.45, 2.75) is 19.4 Å². The van der Waals surface area contributed by atoms with Crippen molar-refractivity contribution in [2.75, 3.05) is 38.1 Å². The number of nitrogens with zero attached hydrogens (tertiary/aromatic N) is 2. The van der Waals surface area contributed by atoms with Crippen LogP contribution in [0.5, 0.6) is 5.75 Å². The highest BCUT2D eigenvalue weighted by atomic mass is 19.1. The molecule has 2 aromatic carbocycles. The summed E-state index contributed by atoms with van der Waals surface area (Å²) in [5.74, 6) is -0.981. The average molecular weight is 415 g/mol. The molecule has 2 aromatic rings. The lowest BCUT2D eigenvalue weighted by Crippen LogP contribution is -2.57. The van der Waals surface area contributed by atoms with Crippen LogP contribution < -0.4 is 10.1 Å². The highest BCUT2D eigenvalue weighted by Gasteiger charge is 2.32. The van der Waals surface area contributed by atoms with Crippen molar-refractivity contribution in [1.29, 1.82) is 0 Å². The predicted octanol–water partition coefficient (Wildman–Crippen LogP) is 2.89. The topological polar surface area (TPSA) is 61.9 Å². The molecule has 0 aliphatic carbocycles. The lowest BCUT2D eigenvalue weighted by atomic mass is 10.0. The molecule has 2 heterocycles. The number of amides is 2. The molecule has 1 fully saturated rings. The first-order chi connectivity index (χ1) is 14.4. The first kappa shape index (κ1) is 20.3. The minimum atomic E-state index is -0.678. The Kier molecular flexibility index (Phi) is 5.67. The summed E-state index contributed by atoms with van der Waals surface area (Å²) in [7, 11) is 0. The zero-order valence-corrected chi connectivity index (χ0v) is 16.7. The van der Waals surface area contributed by atoms with Gasteiger partial charge in [0.1, 0.15) is 24.0 Å². The van der Waals surface area contributed by atoms with Crippen molar-refractivity contribution >= 4 is 17.5 Å². The highest BCUT2D eigenvalue weighted by molar-refractivity contribution is 5.94. The number of benzene rings is 2. The molecular formula is C22H23F2N3O3. The van der Waals surface area contributed by atoms with E-state index >= 15 is 0 Å². The zero-order chi connectivity index (χ0) is 21.3. The molecule has 6 nitrogen and oxygen atoms in total. The van der Waals surface area contributed by atoms with Crippen LogP contribution in [0.25, 0.3) is 11.1 Å². The van der Waals surface area contributed by atoms with E-state index in [1.165, 1.54) is 12.1 Å². The van der Waals surface area contributed by atoms with Crippen molar-refractivity contribution in [2.24, 2.45) is 0 Å². The number of carbonyl (C=O) groups is 2. The van der Waals surface area contributed by atoms with Crippen LogP contribution in [0.15, 0.2) is 36.4 Å². The first-order valence-corrected chi connectivity index (χ1v) is 9.98. The van der Waals surface area contributed by atoms with Crippen molar-refractivity contribution in [3.05, 3.63) is 48.0 Å². The summed E-state index contributed by atoms with van der Waals surface area (Å²) >= 11 is 0. The second-order valence-corrected chi connectivity index (χ2v) is 7.51. The van der Waals surface area contributed by atoms with Crippen LogP contribution in [-0.4, -0.2) is 60.4 Å². The minimum Gasteiger partial charge on any atom is -0.490 e. The monoisotopic (exact) mass is 415 g/mol. The Labute approximate surface area is 173 Å². The fraction of sp³-hybridized carbons (Fsp3) is 0.364. The third kappa shape index (κ3) is 4.14. The average Bonchev–Trinajstić information content (AvgIpc) is 2.79. The van der Waals surface area contributed by atoms with Crippen molar-refractivity contribution in [3.8, 4) is 16.9 Å². The van der Waals surface area contributed by atoms with Crippen LogP contribution in [0.4, 0.5) is 14.5 Å². The van der Waals surface area contributed by atoms with Gasteiger partial charge in [0, 0.05) is 37.7 Å². The van der Waals surface area contributed by atoms with E-state index in [-0.39, 0.29) is 30.0 Å². The summed E-state index contributed by atoms with van der Waals surface area (Å²) in [5, 5.41) is 2.84. The smallest absolute Gasteiger partial charge is 0.238 e. The minimum absolute atomic E-state index is 0.0883. The van der Waals surface area contributed by atoms with Crippen molar-refractivity contribution < 1.29 is 23.1 Å². The molecule has 0 bridgehead atoms. The Balaban J connectivity index is 1.60. The number of halogens is 2. The molecule has 158 valence electrons. The van der Waals surface area contributed by atoms with E-state index in [1.807, 2.05) is 16.7 Å². The maximum atomic E-state index is 14.2. The largest absolute Gasteiger partial charge is 0.490 e. The normalized spacial score (nSPS) is 19.5. The quantitative estimate of drug-likeness (QED) is 0.820. The van der Waals surface area contributed by atoms with Crippen LogP contribution >= 0.6 is 0 Å². The third-order valence-electron chi connectivity index (χ3n) is 5.53. The van der Waals surface area contributed by atoms with Gasteiger partial charge in [-0.25, -0.2) is 8.78 Å². The van der Waals surface area contributed by atoms with Gasteiger partial charge in [0.15, 0.2) is 0 Å². The van der Waals surface area contributed by atoms with Crippen LogP contribution in [0.2, 0.25) is 0 Å². The van der Waals surface area contributed by atoms with E-state index in [1.54, 1.807) is 18.2 Å². The molecule has 1 N–H and O–H groups in total. The highest BCUT2D eigenvalue weighted by Crippen LogP contribution is 2.33. The summed E-state index contributed by atoms with van der Waals surface area (Å²) in [6, 6.07) is 8.25. The summed E-state index contributed by atoms with van der Waals surface area (Å²) in [5.41, 5.74) is 1.17. The van der Waals surface area contributed by atoms with Crippen molar-refractivity contribution in [1.82, 2.24) is 9.80 Å². The molecule has 1 atom stereocenters. The number of anilines is 1. The summed E-state index contributed by atoms with van der Waals surface area (Å²) in [6.45, 7) is 4.01. The molecule has 0 radical (unpaired) electrons. The lowest BCUT2D eigenvalue weighted by molar-refractivity contribution is -0.134. The SMILES string of the molecule is CCC(=O)N1CCN2CC(=O)Nc3cc(-c4ccc(F)cc4F)ccc3OC[C@H]2C1. The number of hydrogen-bond acceptors (Lipinski definition) is 4. The van der Waals surface area contributed by atoms with Gasteiger partial charge in [-0.15, -0.1) is 0 Å². The molecule has 2 aliphatic rings. The van der Waals surface area contributed by atoms with Crippen LogP contribution in [0, 0.1) is 11.6 Å². The Morgan fingerprint density at radius 1 is 1.20 bits per heavy atom. The molecule has 0 saturated carbocycles. The van der Waals surface area contributed by atoms with Gasteiger partial charge in [0.25, 0.3) is 0 Å². The second kappa shape index (κ2) is 8.39. The molecule has 1 saturated heterocycles. The Bertz CT molecular complexity index is 982. The number of fused-ring (bicyclic) bond motifs is 2. The number of hydrogen-bond donors (Lipinski definition) is 1. The fourth-order valence-corrected chi connectivity index (χ4v) is 3.91. The van der Waals surface area contributed by atoms with Gasteiger partial charge in [-0.1, -0.05) is 13.0 Å². The lowest BCUT2D eigenvalue weighted by Gasteiger charge is -2.40. The van der Waals surface area contributed by atoms with Gasteiger partial charge in [0.2, 0.25) is 11.8 Å². The fourth-order valence-electron chi connectivity index (χ4n) is 3.91. The van der Waals surface area contributed by atoms with E-state index in [0.29, 0.717) is 49.7 Å². The number of rotatable bonds is 2. The van der Waals surface area contributed by atoms with Gasteiger partial charge in [-0.3, -0.25) is 14.5 Å². The molecule has 8 heteroatoms. The molecule has 2 amide bonds.